The predicted molar refractivity (Wildman–Crippen MR) is 118 cm³/mol. The molecule has 32 heavy (non-hydrogen) atoms. The predicted octanol–water partition coefficient (Wildman–Crippen LogP) is 2.07. The van der Waals surface area contributed by atoms with Gasteiger partial charge in [-0.2, -0.15) is 0 Å². The Morgan fingerprint density at radius 2 is 1.69 bits per heavy atom. The number of carbonyl (C=O) groups excluding carboxylic acids is 2. The number of nitrogens with zero attached hydrogens (tertiary/aromatic N) is 1. The Morgan fingerprint density at radius 1 is 0.969 bits per heavy atom. The molecule has 2 N–H and O–H groups in total. The summed E-state index contributed by atoms with van der Waals surface area (Å²) in [7, 11) is 0. The Morgan fingerprint density at radius 3 is 2.47 bits per heavy atom. The van der Waals surface area contributed by atoms with Gasteiger partial charge in [-0.3, -0.25) is 14.5 Å². The first kappa shape index (κ1) is 22.1. The van der Waals surface area contributed by atoms with Gasteiger partial charge in [-0.05, 0) is 43.2 Å². The lowest BCUT2D eigenvalue weighted by Gasteiger charge is -2.35. The van der Waals surface area contributed by atoms with Gasteiger partial charge in [0.25, 0.3) is 5.91 Å². The summed E-state index contributed by atoms with van der Waals surface area (Å²) in [6, 6.07) is 13.0. The number of carbonyl (C=O) groups is 2. The molecular weight excluding hydrogens is 410 g/mol. The van der Waals surface area contributed by atoms with E-state index in [0.717, 1.165) is 25.2 Å². The lowest BCUT2D eigenvalue weighted by Crippen LogP contribution is -2.45. The van der Waals surface area contributed by atoms with E-state index in [1.165, 1.54) is 5.56 Å². The van der Waals surface area contributed by atoms with Gasteiger partial charge >= 0.3 is 0 Å². The summed E-state index contributed by atoms with van der Waals surface area (Å²) in [5, 5.41) is 5.55. The molecule has 2 aliphatic rings. The molecule has 2 heterocycles. The van der Waals surface area contributed by atoms with Crippen molar-refractivity contribution < 1.29 is 23.8 Å². The van der Waals surface area contributed by atoms with Crippen LogP contribution >= 0.6 is 0 Å². The third-order valence-corrected chi connectivity index (χ3v) is 5.53. The highest BCUT2D eigenvalue weighted by Gasteiger charge is 2.22. The molecule has 0 aliphatic carbocycles. The van der Waals surface area contributed by atoms with Crippen molar-refractivity contribution in [1.82, 2.24) is 15.5 Å². The molecule has 8 nitrogen and oxygen atoms in total. The van der Waals surface area contributed by atoms with Crippen molar-refractivity contribution in [2.24, 2.45) is 0 Å². The van der Waals surface area contributed by atoms with Crippen LogP contribution in [0.25, 0.3) is 0 Å². The van der Waals surface area contributed by atoms with E-state index >= 15 is 0 Å². The van der Waals surface area contributed by atoms with Gasteiger partial charge in [0.15, 0.2) is 11.5 Å². The number of fused-ring (bicyclic) bond motifs is 1. The van der Waals surface area contributed by atoms with Gasteiger partial charge in [-0.15, -0.1) is 0 Å². The number of ether oxygens (including phenoxy) is 3. The van der Waals surface area contributed by atoms with Crippen LogP contribution in [0.3, 0.4) is 0 Å². The number of rotatable bonds is 7. The van der Waals surface area contributed by atoms with Crippen LogP contribution in [0.2, 0.25) is 0 Å². The first-order valence-electron chi connectivity index (χ1n) is 10.9. The number of morpholine rings is 1. The highest BCUT2D eigenvalue weighted by Crippen LogP contribution is 2.32. The third kappa shape index (κ3) is 5.57. The van der Waals surface area contributed by atoms with Crippen LogP contribution in [0.5, 0.6) is 11.5 Å². The second kappa shape index (κ2) is 10.0. The van der Waals surface area contributed by atoms with Crippen LogP contribution in [-0.4, -0.2) is 55.3 Å². The van der Waals surface area contributed by atoms with Crippen LogP contribution in [0.4, 0.5) is 0 Å². The minimum atomic E-state index is -0.339. The Kier molecular flexibility index (Phi) is 6.92. The maximum Gasteiger partial charge on any atom is 0.251 e. The summed E-state index contributed by atoms with van der Waals surface area (Å²) in [5.74, 6) is 0.554. The van der Waals surface area contributed by atoms with Gasteiger partial charge in [0.1, 0.15) is 0 Å². The molecule has 1 saturated heterocycles. The molecule has 1 fully saturated rings. The molecule has 0 spiro atoms. The highest BCUT2D eigenvalue weighted by atomic mass is 16.7. The van der Waals surface area contributed by atoms with Gasteiger partial charge in [-0.25, -0.2) is 0 Å². The standard InChI is InChI=1S/C24H29N3O5/c1-16-12-27(13-17(2)32-16)14-20-6-4-3-5-19(20)10-25-23(28)11-26-24(29)18-7-8-21-22(9-18)31-15-30-21/h3-9,16-17H,10-15H2,1-2H3,(H,25,28)(H,26,29). The summed E-state index contributed by atoms with van der Waals surface area (Å²) < 4.78 is 16.4. The van der Waals surface area contributed by atoms with E-state index in [9.17, 15) is 9.59 Å². The molecule has 0 aromatic heterocycles. The average Bonchev–Trinajstić information content (AvgIpc) is 3.24. The van der Waals surface area contributed by atoms with E-state index in [-0.39, 0.29) is 37.4 Å². The SMILES string of the molecule is CC1CN(Cc2ccccc2CNC(=O)CNC(=O)c2ccc3c(c2)OCO3)CC(C)O1. The molecule has 0 radical (unpaired) electrons. The quantitative estimate of drug-likeness (QED) is 0.687. The minimum Gasteiger partial charge on any atom is -0.454 e. The molecule has 0 bridgehead atoms. The first-order chi connectivity index (χ1) is 15.5. The van der Waals surface area contributed by atoms with Crippen molar-refractivity contribution in [3.63, 3.8) is 0 Å². The van der Waals surface area contributed by atoms with Crippen molar-refractivity contribution in [2.75, 3.05) is 26.4 Å². The Hall–Kier alpha value is -3.10. The maximum absolute atomic E-state index is 12.3. The topological polar surface area (TPSA) is 89.1 Å². The van der Waals surface area contributed by atoms with Crippen LogP contribution in [0.1, 0.15) is 35.3 Å². The van der Waals surface area contributed by atoms with E-state index in [0.29, 0.717) is 23.6 Å². The van der Waals surface area contributed by atoms with Gasteiger partial charge in [0, 0.05) is 31.7 Å². The van der Waals surface area contributed by atoms with Gasteiger partial charge in [-0.1, -0.05) is 24.3 Å². The molecule has 2 aliphatic heterocycles. The molecule has 4 rings (SSSR count). The zero-order valence-electron chi connectivity index (χ0n) is 18.4. The average molecular weight is 440 g/mol. The Labute approximate surface area is 187 Å². The van der Waals surface area contributed by atoms with Crippen molar-refractivity contribution in [1.29, 1.82) is 0 Å². The van der Waals surface area contributed by atoms with Gasteiger partial charge < -0.3 is 24.8 Å². The zero-order valence-corrected chi connectivity index (χ0v) is 18.4. The molecule has 2 aromatic carbocycles. The second-order valence-electron chi connectivity index (χ2n) is 8.25. The summed E-state index contributed by atoms with van der Waals surface area (Å²) in [6.07, 6.45) is 0.415. The third-order valence-electron chi connectivity index (χ3n) is 5.53. The summed E-state index contributed by atoms with van der Waals surface area (Å²) in [6.45, 7) is 7.21. The first-order valence-corrected chi connectivity index (χ1v) is 10.9. The molecule has 0 saturated carbocycles. The van der Waals surface area contributed by atoms with Gasteiger partial charge in [0.2, 0.25) is 12.7 Å². The highest BCUT2D eigenvalue weighted by molar-refractivity contribution is 5.97. The van der Waals surface area contributed by atoms with Crippen LogP contribution in [0.15, 0.2) is 42.5 Å². The molecule has 2 amide bonds. The fourth-order valence-electron chi connectivity index (χ4n) is 4.10. The smallest absolute Gasteiger partial charge is 0.251 e. The normalized spacial score (nSPS) is 20.1. The van der Waals surface area contributed by atoms with E-state index < -0.39 is 0 Å². The number of hydrogen-bond acceptors (Lipinski definition) is 6. The largest absolute Gasteiger partial charge is 0.454 e. The van der Waals surface area contributed by atoms with E-state index in [1.807, 2.05) is 18.2 Å². The number of hydrogen-bond donors (Lipinski definition) is 2. The second-order valence-corrected chi connectivity index (χ2v) is 8.25. The Bertz CT molecular complexity index is 970. The molecule has 8 heteroatoms. The number of benzene rings is 2. The molecule has 2 aromatic rings. The summed E-state index contributed by atoms with van der Waals surface area (Å²) >= 11 is 0. The summed E-state index contributed by atoms with van der Waals surface area (Å²) in [5.41, 5.74) is 2.66. The monoisotopic (exact) mass is 439 g/mol. The maximum atomic E-state index is 12.3. The molecule has 170 valence electrons. The Balaban J connectivity index is 1.27. The van der Waals surface area contributed by atoms with E-state index in [1.54, 1.807) is 18.2 Å². The minimum absolute atomic E-state index is 0.103. The lowest BCUT2D eigenvalue weighted by atomic mass is 10.1. The van der Waals surface area contributed by atoms with Crippen molar-refractivity contribution in [3.8, 4) is 11.5 Å². The van der Waals surface area contributed by atoms with Crippen LogP contribution < -0.4 is 20.1 Å². The molecule has 2 atom stereocenters. The molecule has 2 unspecified atom stereocenters. The van der Waals surface area contributed by atoms with Crippen molar-refractivity contribution in [3.05, 3.63) is 59.2 Å². The van der Waals surface area contributed by atoms with E-state index in [4.69, 9.17) is 14.2 Å². The van der Waals surface area contributed by atoms with Crippen LogP contribution in [-0.2, 0) is 22.6 Å². The van der Waals surface area contributed by atoms with Gasteiger partial charge in [0.05, 0.1) is 18.8 Å². The van der Waals surface area contributed by atoms with Crippen LogP contribution in [0, 0.1) is 0 Å². The van der Waals surface area contributed by atoms with Crippen molar-refractivity contribution in [2.45, 2.75) is 39.1 Å². The fraction of sp³-hybridized carbons (Fsp3) is 0.417. The number of nitrogens with one attached hydrogen (secondary N) is 2. The zero-order chi connectivity index (χ0) is 22.5. The van der Waals surface area contributed by atoms with Crippen molar-refractivity contribution >= 4 is 11.8 Å². The lowest BCUT2D eigenvalue weighted by molar-refractivity contribution is -0.120. The number of amides is 2. The summed E-state index contributed by atoms with van der Waals surface area (Å²) in [4.78, 5) is 27.1. The fourth-order valence-corrected chi connectivity index (χ4v) is 4.10. The molecular formula is C24H29N3O5. The van der Waals surface area contributed by atoms with E-state index in [2.05, 4.69) is 35.4 Å².